The Morgan fingerprint density at radius 2 is 1.77 bits per heavy atom. The maximum Gasteiger partial charge on any atom is 0.305 e. The number of nitrogens with zero attached hydrogens (tertiary/aromatic N) is 1. The van der Waals surface area contributed by atoms with Crippen LogP contribution in [0, 0.1) is 20.8 Å². The van der Waals surface area contributed by atoms with E-state index in [9.17, 15) is 8.42 Å². The van der Waals surface area contributed by atoms with Crippen LogP contribution in [0.15, 0.2) is 33.8 Å². The van der Waals surface area contributed by atoms with Crippen LogP contribution in [-0.2, 0) is 9.84 Å². The molecule has 0 fully saturated rings. The van der Waals surface area contributed by atoms with E-state index < -0.39 is 9.84 Å². The van der Waals surface area contributed by atoms with Crippen LogP contribution in [0.2, 0.25) is 0 Å². The van der Waals surface area contributed by atoms with E-state index in [0.717, 1.165) is 15.6 Å². The molecule has 1 aromatic carbocycles. The third-order valence-corrected chi connectivity index (χ3v) is 5.01. The molecule has 0 aliphatic carbocycles. The number of hydrogen-bond acceptors (Lipinski definition) is 4. The summed E-state index contributed by atoms with van der Waals surface area (Å²) in [5, 5.41) is 3.16. The molecule has 0 atom stereocenters. The molecule has 0 radical (unpaired) electrons. The van der Waals surface area contributed by atoms with Crippen LogP contribution >= 0.6 is 15.9 Å². The largest absolute Gasteiger partial charge is 0.305 e. The van der Waals surface area contributed by atoms with Crippen molar-refractivity contribution in [2.45, 2.75) is 25.7 Å². The van der Waals surface area contributed by atoms with Gasteiger partial charge in [-0.15, -0.1) is 4.68 Å². The molecule has 1 heterocycles. The maximum absolute atomic E-state index is 12.1. The number of halogens is 1. The Kier molecular flexibility index (Phi) is 4.49. The van der Waals surface area contributed by atoms with E-state index in [1.54, 1.807) is 13.1 Å². The molecule has 0 amide bonds. The zero-order valence-electron chi connectivity index (χ0n) is 12.9. The molecule has 118 valence electrons. The number of hydrogen-bond donors (Lipinski definition) is 2. The zero-order valence-corrected chi connectivity index (χ0v) is 15.3. The van der Waals surface area contributed by atoms with E-state index in [-0.39, 0.29) is 0 Å². The minimum Gasteiger partial charge on any atom is -0.269 e. The van der Waals surface area contributed by atoms with Crippen molar-refractivity contribution in [2.24, 2.45) is 0 Å². The minimum atomic E-state index is -3.36. The standard InChI is InChI=1S/C15H18BrN3O2S/c1-9-5-10(2)14(22(4,20)21)13(6-9)18-15-11(3)7-12(16)8-19(15)17/h5-8H,17H2,1-4H3/p+1. The molecule has 0 unspecified atom stereocenters. The van der Waals surface area contributed by atoms with Crippen molar-refractivity contribution < 1.29 is 13.1 Å². The molecule has 0 saturated carbocycles. The molecule has 22 heavy (non-hydrogen) atoms. The molecule has 0 aliphatic heterocycles. The molecule has 7 heteroatoms. The van der Waals surface area contributed by atoms with Gasteiger partial charge in [0.1, 0.15) is 16.8 Å². The summed E-state index contributed by atoms with van der Waals surface area (Å²) in [5.74, 6) is 6.62. The van der Waals surface area contributed by atoms with Crippen LogP contribution in [0.25, 0.3) is 0 Å². The van der Waals surface area contributed by atoms with Gasteiger partial charge >= 0.3 is 5.82 Å². The van der Waals surface area contributed by atoms with E-state index in [0.29, 0.717) is 22.0 Å². The fraction of sp³-hybridized carbons (Fsp3) is 0.267. The number of benzene rings is 1. The lowest BCUT2D eigenvalue weighted by atomic mass is 10.1. The molecule has 0 saturated heterocycles. The van der Waals surface area contributed by atoms with Crippen molar-refractivity contribution in [1.82, 2.24) is 0 Å². The molecule has 5 nitrogen and oxygen atoms in total. The highest BCUT2D eigenvalue weighted by molar-refractivity contribution is 9.10. The van der Waals surface area contributed by atoms with Crippen molar-refractivity contribution in [3.05, 3.63) is 45.6 Å². The molecule has 2 aromatic rings. The van der Waals surface area contributed by atoms with Crippen molar-refractivity contribution in [3.8, 4) is 0 Å². The first kappa shape index (κ1) is 16.8. The summed E-state index contributed by atoms with van der Waals surface area (Å²) in [4.78, 5) is 0.292. The summed E-state index contributed by atoms with van der Waals surface area (Å²) in [5.41, 5.74) is 3.12. The smallest absolute Gasteiger partial charge is 0.269 e. The monoisotopic (exact) mass is 384 g/mol. The van der Waals surface area contributed by atoms with Crippen molar-refractivity contribution in [3.63, 3.8) is 0 Å². The van der Waals surface area contributed by atoms with Crippen molar-refractivity contribution in [1.29, 1.82) is 0 Å². The van der Waals surface area contributed by atoms with Gasteiger partial charge in [-0.2, -0.15) is 0 Å². The number of aromatic nitrogens is 1. The van der Waals surface area contributed by atoms with Gasteiger partial charge in [-0.1, -0.05) is 6.07 Å². The summed E-state index contributed by atoms with van der Waals surface area (Å²) in [6.07, 6.45) is 2.92. The summed E-state index contributed by atoms with van der Waals surface area (Å²) < 4.78 is 26.5. The second kappa shape index (κ2) is 5.89. The Balaban J connectivity index is 2.65. The molecule has 0 bridgehead atoms. The topological polar surface area (TPSA) is 76.1 Å². The Morgan fingerprint density at radius 3 is 2.32 bits per heavy atom. The Bertz CT molecular complexity index is 825. The van der Waals surface area contributed by atoms with E-state index in [2.05, 4.69) is 21.2 Å². The van der Waals surface area contributed by atoms with Gasteiger partial charge in [0.05, 0.1) is 4.47 Å². The first-order chi connectivity index (χ1) is 10.1. The van der Waals surface area contributed by atoms with Gasteiger partial charge in [0.25, 0.3) is 0 Å². The Labute approximate surface area is 139 Å². The second-order valence-electron chi connectivity index (χ2n) is 5.45. The van der Waals surface area contributed by atoms with Gasteiger partial charge in [0, 0.05) is 11.8 Å². The fourth-order valence-corrected chi connectivity index (χ4v) is 4.26. The van der Waals surface area contributed by atoms with E-state index >= 15 is 0 Å². The van der Waals surface area contributed by atoms with Gasteiger partial charge in [0.2, 0.25) is 0 Å². The van der Waals surface area contributed by atoms with E-state index in [1.165, 1.54) is 10.9 Å². The van der Waals surface area contributed by atoms with Crippen LogP contribution in [0.3, 0.4) is 0 Å². The number of pyridine rings is 1. The molecular weight excluding hydrogens is 366 g/mol. The lowest BCUT2D eigenvalue weighted by Gasteiger charge is -2.12. The molecule has 3 N–H and O–H groups in total. The Hall–Kier alpha value is -1.60. The van der Waals surface area contributed by atoms with Crippen LogP contribution in [-0.4, -0.2) is 14.7 Å². The molecular formula is C15H19BrN3O2S+. The normalized spacial score (nSPS) is 11.5. The minimum absolute atomic E-state index is 0.292. The number of nitrogens with two attached hydrogens (primary N) is 1. The number of rotatable bonds is 3. The van der Waals surface area contributed by atoms with Crippen molar-refractivity contribution in [2.75, 3.05) is 17.4 Å². The highest BCUT2D eigenvalue weighted by atomic mass is 79.9. The van der Waals surface area contributed by atoms with Gasteiger partial charge < -0.3 is 0 Å². The Morgan fingerprint density at radius 1 is 1.14 bits per heavy atom. The molecule has 0 spiro atoms. The van der Waals surface area contributed by atoms with Crippen LogP contribution < -0.4 is 15.8 Å². The number of aryl methyl sites for hydroxylation is 3. The lowest BCUT2D eigenvalue weighted by molar-refractivity contribution is -0.624. The predicted molar refractivity (Wildman–Crippen MR) is 91.5 cm³/mol. The highest BCUT2D eigenvalue weighted by Crippen LogP contribution is 2.29. The maximum atomic E-state index is 12.1. The summed E-state index contributed by atoms with van der Waals surface area (Å²) in [6, 6.07) is 5.58. The van der Waals surface area contributed by atoms with Gasteiger partial charge in [-0.25, -0.2) is 13.7 Å². The average Bonchev–Trinajstić information content (AvgIpc) is 2.30. The zero-order chi connectivity index (χ0) is 16.7. The second-order valence-corrected chi connectivity index (χ2v) is 8.32. The predicted octanol–water partition coefficient (Wildman–Crippen LogP) is 2.52. The van der Waals surface area contributed by atoms with Crippen LogP contribution in [0.5, 0.6) is 0 Å². The summed E-state index contributed by atoms with van der Waals surface area (Å²) >= 11 is 3.38. The van der Waals surface area contributed by atoms with Gasteiger partial charge in [-0.3, -0.25) is 5.84 Å². The average molecular weight is 385 g/mol. The number of nitrogen functional groups attached to an aromatic ring is 1. The van der Waals surface area contributed by atoms with Crippen LogP contribution in [0.4, 0.5) is 11.5 Å². The van der Waals surface area contributed by atoms with E-state index in [1.807, 2.05) is 32.0 Å². The third kappa shape index (κ3) is 3.41. The number of anilines is 2. The van der Waals surface area contributed by atoms with Gasteiger partial charge in [-0.05, 0) is 60.0 Å². The lowest BCUT2D eigenvalue weighted by Crippen LogP contribution is -2.46. The summed E-state index contributed by atoms with van der Waals surface area (Å²) in [6.45, 7) is 5.62. The first-order valence-corrected chi connectivity index (χ1v) is 9.33. The SMILES string of the molecule is Cc1cc(C)c(S(C)(=O)=O)c(Nc2c(C)cc(Br)c[n+]2N)c1. The number of sulfone groups is 1. The van der Waals surface area contributed by atoms with Crippen LogP contribution in [0.1, 0.15) is 16.7 Å². The highest BCUT2D eigenvalue weighted by Gasteiger charge is 2.23. The van der Waals surface area contributed by atoms with Gasteiger partial charge in [0.15, 0.2) is 9.84 Å². The third-order valence-electron chi connectivity index (χ3n) is 3.29. The molecule has 0 aliphatic rings. The fourth-order valence-electron chi connectivity index (χ4n) is 2.54. The quantitative estimate of drug-likeness (QED) is 0.629. The first-order valence-electron chi connectivity index (χ1n) is 6.65. The molecule has 2 rings (SSSR count). The summed E-state index contributed by atoms with van der Waals surface area (Å²) in [7, 11) is -3.36. The molecule has 1 aromatic heterocycles. The number of nitrogens with one attached hydrogen (secondary N) is 1. The van der Waals surface area contributed by atoms with E-state index in [4.69, 9.17) is 5.84 Å². The van der Waals surface area contributed by atoms with Crippen molar-refractivity contribution >= 4 is 37.3 Å².